The molecule has 1 aliphatic rings. The van der Waals surface area contributed by atoms with Gasteiger partial charge in [-0.05, 0) is 41.5 Å². The van der Waals surface area contributed by atoms with Crippen LogP contribution in [-0.4, -0.2) is 27.3 Å². The second-order valence-electron chi connectivity index (χ2n) is 7.06. The molecule has 3 aromatic rings. The maximum atomic E-state index is 13.0. The largest absolute Gasteiger partial charge is 0.398 e. The molecule has 2 heterocycles. The summed E-state index contributed by atoms with van der Waals surface area (Å²) in [6.45, 7) is 4.18. The smallest absolute Gasteiger partial charge is 0.231 e. The molecular formula is C19H20FN5O. The Morgan fingerprint density at radius 1 is 1.35 bits per heavy atom. The van der Waals surface area contributed by atoms with Crippen molar-refractivity contribution in [1.29, 1.82) is 0 Å². The Bertz CT molecular complexity index is 997. The van der Waals surface area contributed by atoms with E-state index in [0.717, 1.165) is 27.6 Å². The van der Waals surface area contributed by atoms with E-state index in [2.05, 4.69) is 34.3 Å². The second kappa shape index (κ2) is 6.09. The number of hydrogen-bond acceptors (Lipinski definition) is 4. The fourth-order valence-corrected chi connectivity index (χ4v) is 3.13. The molecule has 4 N–H and O–H groups in total. The van der Waals surface area contributed by atoms with E-state index in [4.69, 9.17) is 5.73 Å². The number of carbonyl (C=O) groups excluding carboxylic acids is 1. The molecule has 4 rings (SSSR count). The van der Waals surface area contributed by atoms with Gasteiger partial charge in [0.2, 0.25) is 5.91 Å². The zero-order valence-electron chi connectivity index (χ0n) is 14.6. The van der Waals surface area contributed by atoms with Crippen LogP contribution >= 0.6 is 0 Å². The van der Waals surface area contributed by atoms with Gasteiger partial charge in [0.15, 0.2) is 0 Å². The van der Waals surface area contributed by atoms with Crippen molar-refractivity contribution in [2.45, 2.75) is 32.4 Å². The number of nitrogens with two attached hydrogens (primary N) is 1. The molecule has 1 fully saturated rings. The van der Waals surface area contributed by atoms with E-state index in [-0.39, 0.29) is 12.3 Å². The molecule has 7 heteroatoms. The molecule has 2 aromatic heterocycles. The van der Waals surface area contributed by atoms with Crippen LogP contribution < -0.4 is 11.1 Å². The maximum absolute atomic E-state index is 13.0. The number of anilines is 2. The molecular weight excluding hydrogens is 333 g/mol. The zero-order valence-corrected chi connectivity index (χ0v) is 14.6. The topological polar surface area (TPSA) is 96.7 Å². The summed E-state index contributed by atoms with van der Waals surface area (Å²) in [4.78, 5) is 16.2. The maximum Gasteiger partial charge on any atom is 0.231 e. The van der Waals surface area contributed by atoms with E-state index < -0.39 is 12.1 Å². The Morgan fingerprint density at radius 3 is 2.81 bits per heavy atom. The summed E-state index contributed by atoms with van der Waals surface area (Å²) < 4.78 is 13.0. The molecule has 1 saturated carbocycles. The Hall–Kier alpha value is -2.96. The van der Waals surface area contributed by atoms with E-state index >= 15 is 0 Å². The average molecular weight is 353 g/mol. The van der Waals surface area contributed by atoms with Gasteiger partial charge in [0.1, 0.15) is 12.0 Å². The molecule has 6 nitrogen and oxygen atoms in total. The number of nitrogens with one attached hydrogen (secondary N) is 2. The standard InChI is InChI=1S/C19H20FN5O/c1-9(2)18-14(8-23-25-18)10-3-11-5-17(22-7-13(11)16(21)4-10)24-19(26)12-6-15(12)20/h3-5,7-9,12,15H,6,21H2,1-2H3,(H,23,25)(H,22,24,26)/t12-,15-/m1/s1. The molecule has 1 amide bonds. The Balaban J connectivity index is 1.72. The fraction of sp³-hybridized carbons (Fsp3) is 0.316. The summed E-state index contributed by atoms with van der Waals surface area (Å²) in [5, 5.41) is 11.5. The highest BCUT2D eigenvalue weighted by molar-refractivity contribution is 6.00. The minimum Gasteiger partial charge on any atom is -0.398 e. The number of aromatic nitrogens is 3. The minimum absolute atomic E-state index is 0.287. The highest BCUT2D eigenvalue weighted by Crippen LogP contribution is 2.36. The first-order valence-corrected chi connectivity index (χ1v) is 8.62. The van der Waals surface area contributed by atoms with Crippen molar-refractivity contribution in [3.8, 4) is 11.1 Å². The van der Waals surface area contributed by atoms with Gasteiger partial charge in [0.05, 0.1) is 12.1 Å². The molecule has 0 aliphatic heterocycles. The average Bonchev–Trinajstić information content (AvgIpc) is 3.13. The Labute approximate surface area is 150 Å². The lowest BCUT2D eigenvalue weighted by atomic mass is 9.97. The summed E-state index contributed by atoms with van der Waals surface area (Å²) >= 11 is 0. The third-order valence-electron chi connectivity index (χ3n) is 4.73. The quantitative estimate of drug-likeness (QED) is 0.624. The van der Waals surface area contributed by atoms with Gasteiger partial charge in [-0.2, -0.15) is 5.10 Å². The third kappa shape index (κ3) is 2.89. The minimum atomic E-state index is -1.03. The first-order chi connectivity index (χ1) is 12.4. The van der Waals surface area contributed by atoms with Crippen molar-refractivity contribution >= 4 is 28.2 Å². The fourth-order valence-electron chi connectivity index (χ4n) is 3.13. The van der Waals surface area contributed by atoms with Crippen LogP contribution in [0, 0.1) is 5.92 Å². The summed E-state index contributed by atoms with van der Waals surface area (Å²) in [5.74, 6) is -0.188. The zero-order chi connectivity index (χ0) is 18.4. The summed E-state index contributed by atoms with van der Waals surface area (Å²) in [7, 11) is 0. The molecule has 2 atom stereocenters. The van der Waals surface area contributed by atoms with E-state index in [9.17, 15) is 9.18 Å². The van der Waals surface area contributed by atoms with E-state index in [1.165, 1.54) is 0 Å². The van der Waals surface area contributed by atoms with Crippen molar-refractivity contribution < 1.29 is 9.18 Å². The highest BCUT2D eigenvalue weighted by Gasteiger charge is 2.43. The number of carbonyl (C=O) groups is 1. The lowest BCUT2D eigenvalue weighted by Crippen LogP contribution is -2.15. The lowest BCUT2D eigenvalue weighted by Gasteiger charge is -2.11. The molecule has 0 bridgehead atoms. The number of alkyl halides is 1. The van der Waals surface area contributed by atoms with Crippen molar-refractivity contribution in [3.05, 3.63) is 36.3 Å². The molecule has 0 spiro atoms. The first-order valence-electron chi connectivity index (χ1n) is 8.62. The molecule has 0 unspecified atom stereocenters. The molecule has 1 aliphatic carbocycles. The number of halogens is 1. The van der Waals surface area contributed by atoms with E-state index in [0.29, 0.717) is 17.4 Å². The van der Waals surface area contributed by atoms with Crippen LogP contribution in [0.1, 0.15) is 31.9 Å². The van der Waals surface area contributed by atoms with Gasteiger partial charge in [0.25, 0.3) is 0 Å². The number of nitrogen functional groups attached to an aromatic ring is 1. The monoisotopic (exact) mass is 353 g/mol. The number of nitrogens with zero attached hydrogens (tertiary/aromatic N) is 2. The number of pyridine rings is 1. The SMILES string of the molecule is CC(C)c1[nH]ncc1-c1cc(N)c2cnc(NC(=O)[C@@H]3C[C@H]3F)cc2c1. The molecule has 0 radical (unpaired) electrons. The van der Waals surface area contributed by atoms with Gasteiger partial charge >= 0.3 is 0 Å². The Kier molecular flexibility index (Phi) is 3.86. The van der Waals surface area contributed by atoms with E-state index in [1.807, 2.05) is 12.1 Å². The van der Waals surface area contributed by atoms with Crippen molar-refractivity contribution in [2.24, 2.45) is 5.92 Å². The van der Waals surface area contributed by atoms with Gasteiger partial charge in [-0.3, -0.25) is 9.89 Å². The number of benzene rings is 1. The van der Waals surface area contributed by atoms with Crippen LogP contribution in [0.3, 0.4) is 0 Å². The molecule has 134 valence electrons. The van der Waals surface area contributed by atoms with Crippen LogP contribution in [-0.2, 0) is 4.79 Å². The van der Waals surface area contributed by atoms with Gasteiger partial charge in [-0.15, -0.1) is 0 Å². The number of fused-ring (bicyclic) bond motifs is 1. The van der Waals surface area contributed by atoms with Crippen LogP contribution in [0.2, 0.25) is 0 Å². The molecule has 0 saturated heterocycles. The lowest BCUT2D eigenvalue weighted by molar-refractivity contribution is -0.117. The number of rotatable bonds is 4. The van der Waals surface area contributed by atoms with Crippen LogP contribution in [0.25, 0.3) is 21.9 Å². The normalized spacial score (nSPS) is 19.1. The number of aromatic amines is 1. The second-order valence-corrected chi connectivity index (χ2v) is 7.06. The van der Waals surface area contributed by atoms with Crippen molar-refractivity contribution in [3.63, 3.8) is 0 Å². The first kappa shape index (κ1) is 16.5. The Morgan fingerprint density at radius 2 is 2.12 bits per heavy atom. The molecule has 26 heavy (non-hydrogen) atoms. The highest BCUT2D eigenvalue weighted by atomic mass is 19.1. The number of H-pyrrole nitrogens is 1. The third-order valence-corrected chi connectivity index (χ3v) is 4.73. The van der Waals surface area contributed by atoms with Gasteiger partial charge in [-0.1, -0.05) is 13.8 Å². The summed E-state index contributed by atoms with van der Waals surface area (Å²) in [5.41, 5.74) is 9.79. The van der Waals surface area contributed by atoms with Crippen LogP contribution in [0.4, 0.5) is 15.9 Å². The summed E-state index contributed by atoms with van der Waals surface area (Å²) in [6.07, 6.45) is 2.67. The number of amides is 1. The predicted octanol–water partition coefficient (Wildman–Crippen LogP) is 3.63. The van der Waals surface area contributed by atoms with Gasteiger partial charge in [0, 0.05) is 28.5 Å². The summed E-state index contributed by atoms with van der Waals surface area (Å²) in [6, 6.07) is 5.66. The van der Waals surface area contributed by atoms with Crippen LogP contribution in [0.5, 0.6) is 0 Å². The van der Waals surface area contributed by atoms with Gasteiger partial charge < -0.3 is 11.1 Å². The number of hydrogen-bond donors (Lipinski definition) is 3. The van der Waals surface area contributed by atoms with Crippen LogP contribution in [0.15, 0.2) is 30.6 Å². The van der Waals surface area contributed by atoms with E-state index in [1.54, 1.807) is 18.5 Å². The van der Waals surface area contributed by atoms with Crippen molar-refractivity contribution in [1.82, 2.24) is 15.2 Å². The predicted molar refractivity (Wildman–Crippen MR) is 99.5 cm³/mol. The van der Waals surface area contributed by atoms with Gasteiger partial charge in [-0.25, -0.2) is 9.37 Å². The van der Waals surface area contributed by atoms with Crippen molar-refractivity contribution in [2.75, 3.05) is 11.1 Å². The molecule has 1 aromatic carbocycles.